The van der Waals surface area contributed by atoms with Crippen molar-refractivity contribution in [1.82, 2.24) is 9.80 Å². The Kier molecular flexibility index (Phi) is 6.43. The van der Waals surface area contributed by atoms with Crippen molar-refractivity contribution in [2.75, 3.05) is 26.7 Å². The van der Waals surface area contributed by atoms with Crippen LogP contribution in [0.5, 0.6) is 0 Å². The van der Waals surface area contributed by atoms with Gasteiger partial charge in [0.25, 0.3) is 0 Å². The Labute approximate surface area is 145 Å². The minimum Gasteiger partial charge on any atom is -0.306 e. The van der Waals surface area contributed by atoms with E-state index in [-0.39, 0.29) is 0 Å². The Morgan fingerprint density at radius 2 is 1.52 bits per heavy atom. The molecule has 1 aliphatic carbocycles. The lowest BCUT2D eigenvalue weighted by Gasteiger charge is -2.54. The summed E-state index contributed by atoms with van der Waals surface area (Å²) in [6, 6.07) is 1.98. The summed E-state index contributed by atoms with van der Waals surface area (Å²) in [7, 11) is 2.26. The molecular weight excluding hydrogens is 280 g/mol. The van der Waals surface area contributed by atoms with Gasteiger partial charge in [-0.15, -0.1) is 0 Å². The van der Waals surface area contributed by atoms with Gasteiger partial charge in [-0.1, -0.05) is 46.0 Å². The van der Waals surface area contributed by atoms with E-state index in [0.717, 1.165) is 29.8 Å². The van der Waals surface area contributed by atoms with Crippen molar-refractivity contribution in [1.29, 1.82) is 0 Å². The van der Waals surface area contributed by atoms with Crippen LogP contribution in [0, 0.1) is 17.8 Å². The third kappa shape index (κ3) is 4.51. The van der Waals surface area contributed by atoms with Crippen LogP contribution in [0.3, 0.4) is 0 Å². The third-order valence-corrected chi connectivity index (χ3v) is 7.46. The second-order valence-electron chi connectivity index (χ2n) is 8.99. The zero-order valence-electron chi connectivity index (χ0n) is 16.0. The van der Waals surface area contributed by atoms with Crippen LogP contribution in [0.15, 0.2) is 0 Å². The molecular formula is C21H40N2. The molecule has 1 saturated carbocycles. The van der Waals surface area contributed by atoms with Gasteiger partial charge in [0.15, 0.2) is 0 Å². The average molecular weight is 321 g/mol. The topological polar surface area (TPSA) is 6.48 Å². The normalized spacial score (nSPS) is 34.0. The molecule has 134 valence electrons. The van der Waals surface area contributed by atoms with Crippen molar-refractivity contribution in [3.05, 3.63) is 0 Å². The summed E-state index contributed by atoms with van der Waals surface area (Å²) in [5.74, 6) is 3.10. The van der Waals surface area contributed by atoms with Crippen LogP contribution in [-0.4, -0.2) is 48.6 Å². The first-order chi connectivity index (χ1) is 11.2. The van der Waals surface area contributed by atoms with Crippen molar-refractivity contribution < 1.29 is 0 Å². The minimum atomic E-state index is 0.989. The van der Waals surface area contributed by atoms with Crippen molar-refractivity contribution in [3.8, 4) is 0 Å². The van der Waals surface area contributed by atoms with Gasteiger partial charge in [0.2, 0.25) is 0 Å². The molecule has 4 fully saturated rings. The Hall–Kier alpha value is -0.0800. The first-order valence-electron chi connectivity index (χ1n) is 10.6. The number of hydrogen-bond donors (Lipinski definition) is 0. The second kappa shape index (κ2) is 8.34. The highest BCUT2D eigenvalue weighted by molar-refractivity contribution is 4.97. The molecule has 3 heterocycles. The molecule has 0 aromatic carbocycles. The number of likely N-dealkylation sites (tertiary alicyclic amines) is 1. The molecule has 3 atom stereocenters. The van der Waals surface area contributed by atoms with E-state index in [1.807, 2.05) is 0 Å². The third-order valence-electron chi connectivity index (χ3n) is 7.46. The molecule has 0 radical (unpaired) electrons. The predicted molar refractivity (Wildman–Crippen MR) is 99.8 cm³/mol. The number of hydrogen-bond acceptors (Lipinski definition) is 2. The largest absolute Gasteiger partial charge is 0.306 e. The van der Waals surface area contributed by atoms with Gasteiger partial charge in [-0.05, 0) is 70.0 Å². The standard InChI is InChI=1S/C13H24N2.C8H16/c1-14-7-5-11(6-8-14)10-15-12-3-2-4-13(15)9-12;1-3-7(2)8-5-4-6-8/h11-13H,2-10H2,1H3;7-8H,3-6H2,1-2H3. The summed E-state index contributed by atoms with van der Waals surface area (Å²) in [4.78, 5) is 5.31. The highest BCUT2D eigenvalue weighted by atomic mass is 15.3. The van der Waals surface area contributed by atoms with E-state index >= 15 is 0 Å². The van der Waals surface area contributed by atoms with E-state index in [1.54, 1.807) is 0 Å². The van der Waals surface area contributed by atoms with Gasteiger partial charge in [0.05, 0.1) is 0 Å². The second-order valence-corrected chi connectivity index (χ2v) is 8.99. The molecule has 4 rings (SSSR count). The lowest BCUT2D eigenvalue weighted by Crippen LogP contribution is -2.60. The fourth-order valence-electron chi connectivity index (χ4n) is 5.08. The van der Waals surface area contributed by atoms with E-state index in [0.29, 0.717) is 0 Å². The first-order valence-corrected chi connectivity index (χ1v) is 10.6. The van der Waals surface area contributed by atoms with E-state index in [4.69, 9.17) is 0 Å². The van der Waals surface area contributed by atoms with Gasteiger partial charge in [0.1, 0.15) is 0 Å². The van der Waals surface area contributed by atoms with E-state index in [9.17, 15) is 0 Å². The monoisotopic (exact) mass is 320 g/mol. The Morgan fingerprint density at radius 1 is 0.913 bits per heavy atom. The van der Waals surface area contributed by atoms with E-state index in [1.165, 1.54) is 83.8 Å². The zero-order chi connectivity index (χ0) is 16.2. The van der Waals surface area contributed by atoms with Crippen molar-refractivity contribution >= 4 is 0 Å². The molecule has 2 nitrogen and oxygen atoms in total. The molecule has 0 spiro atoms. The van der Waals surface area contributed by atoms with E-state index < -0.39 is 0 Å². The van der Waals surface area contributed by atoms with Crippen LogP contribution < -0.4 is 0 Å². The quantitative estimate of drug-likeness (QED) is 0.735. The number of rotatable bonds is 4. The molecule has 23 heavy (non-hydrogen) atoms. The summed E-state index contributed by atoms with van der Waals surface area (Å²) < 4.78 is 0. The molecule has 0 aromatic rings. The van der Waals surface area contributed by atoms with Crippen LogP contribution in [0.25, 0.3) is 0 Å². The molecule has 0 amide bonds. The van der Waals surface area contributed by atoms with Crippen molar-refractivity contribution in [2.45, 2.75) is 90.1 Å². The van der Waals surface area contributed by atoms with Crippen LogP contribution in [-0.2, 0) is 0 Å². The van der Waals surface area contributed by atoms with Gasteiger partial charge >= 0.3 is 0 Å². The number of fused-ring (bicyclic) bond motifs is 2. The smallest absolute Gasteiger partial charge is 0.0113 e. The summed E-state index contributed by atoms with van der Waals surface area (Å²) in [5.41, 5.74) is 0. The average Bonchev–Trinajstić information content (AvgIpc) is 2.53. The first kappa shape index (κ1) is 17.7. The zero-order valence-corrected chi connectivity index (χ0v) is 16.0. The van der Waals surface area contributed by atoms with Crippen LogP contribution >= 0.6 is 0 Å². The van der Waals surface area contributed by atoms with Gasteiger partial charge in [-0.25, -0.2) is 0 Å². The summed E-state index contributed by atoms with van der Waals surface area (Å²) in [6.45, 7) is 8.75. The SMILES string of the molecule is CCC(C)C1CCC1.CN1CCC(CN2C3CCCC2C3)CC1. The summed E-state index contributed by atoms with van der Waals surface area (Å²) in [6.07, 6.45) is 14.8. The highest BCUT2D eigenvalue weighted by Crippen LogP contribution is 2.39. The van der Waals surface area contributed by atoms with E-state index in [2.05, 4.69) is 30.7 Å². The Morgan fingerprint density at radius 3 is 1.96 bits per heavy atom. The molecule has 0 N–H and O–H groups in total. The van der Waals surface area contributed by atoms with Gasteiger partial charge in [-0.2, -0.15) is 0 Å². The lowest BCUT2D eigenvalue weighted by molar-refractivity contribution is -0.0433. The Bertz CT molecular complexity index is 327. The molecule has 0 aromatic heterocycles. The van der Waals surface area contributed by atoms with Crippen LogP contribution in [0.1, 0.15) is 78.1 Å². The molecule has 3 aliphatic heterocycles. The number of piperidine rings is 2. The van der Waals surface area contributed by atoms with Gasteiger partial charge < -0.3 is 4.90 Å². The molecule has 4 aliphatic rings. The predicted octanol–water partition coefficient (Wildman–Crippen LogP) is 4.79. The maximum Gasteiger partial charge on any atom is 0.0113 e. The van der Waals surface area contributed by atoms with Gasteiger partial charge in [0, 0.05) is 18.6 Å². The molecule has 2 heteroatoms. The fourth-order valence-corrected chi connectivity index (χ4v) is 5.08. The van der Waals surface area contributed by atoms with Crippen LogP contribution in [0.2, 0.25) is 0 Å². The number of nitrogens with zero attached hydrogens (tertiary/aromatic N) is 2. The van der Waals surface area contributed by atoms with Gasteiger partial charge in [-0.3, -0.25) is 4.90 Å². The summed E-state index contributed by atoms with van der Waals surface area (Å²) in [5, 5.41) is 0. The minimum absolute atomic E-state index is 0.989. The van der Waals surface area contributed by atoms with Crippen molar-refractivity contribution in [3.63, 3.8) is 0 Å². The fraction of sp³-hybridized carbons (Fsp3) is 1.00. The molecule has 3 saturated heterocycles. The van der Waals surface area contributed by atoms with Crippen molar-refractivity contribution in [2.24, 2.45) is 17.8 Å². The van der Waals surface area contributed by atoms with Crippen LogP contribution in [0.4, 0.5) is 0 Å². The summed E-state index contributed by atoms with van der Waals surface area (Å²) >= 11 is 0. The lowest BCUT2D eigenvalue weighted by atomic mass is 9.76. The molecule has 2 bridgehead atoms. The molecule has 3 unspecified atom stereocenters. The highest BCUT2D eigenvalue weighted by Gasteiger charge is 2.41. The maximum absolute atomic E-state index is 2.83. The Balaban J connectivity index is 0.000000166. The maximum atomic E-state index is 2.83.